The molecule has 0 saturated carbocycles. The molecule has 0 bridgehead atoms. The number of aldehydes is 1. The first kappa shape index (κ1) is 16.5. The minimum Gasteiger partial charge on any atom is -0.481 e. The van der Waals surface area contributed by atoms with Crippen LogP contribution >= 0.6 is 27.5 Å². The second kappa shape index (κ2) is 7.38. The zero-order chi connectivity index (χ0) is 16.1. The largest absolute Gasteiger partial charge is 0.481 e. The maximum atomic E-state index is 13.6. The smallest absolute Gasteiger partial charge is 0.262 e. The van der Waals surface area contributed by atoms with Gasteiger partial charge >= 0.3 is 0 Å². The number of amides is 1. The minimum absolute atomic E-state index is 0.109. The van der Waals surface area contributed by atoms with Gasteiger partial charge in [0.2, 0.25) is 0 Å². The molecular weight excluding hydrogens is 377 g/mol. The highest BCUT2D eigenvalue weighted by atomic mass is 79.9. The number of ether oxygens (including phenoxy) is 1. The first-order valence-electron chi connectivity index (χ1n) is 6.12. The van der Waals surface area contributed by atoms with E-state index in [9.17, 15) is 14.0 Å². The Morgan fingerprint density at radius 3 is 2.73 bits per heavy atom. The molecule has 114 valence electrons. The summed E-state index contributed by atoms with van der Waals surface area (Å²) in [4.78, 5) is 22.3. The molecule has 0 radical (unpaired) electrons. The lowest BCUT2D eigenvalue weighted by atomic mass is 10.2. The summed E-state index contributed by atoms with van der Waals surface area (Å²) in [5, 5.41) is 2.92. The van der Waals surface area contributed by atoms with Crippen molar-refractivity contribution < 1.29 is 18.7 Å². The molecule has 4 nitrogen and oxygen atoms in total. The highest BCUT2D eigenvalue weighted by Crippen LogP contribution is 2.25. The van der Waals surface area contributed by atoms with E-state index in [0.29, 0.717) is 17.0 Å². The van der Waals surface area contributed by atoms with Crippen LogP contribution in [0.5, 0.6) is 5.75 Å². The Hall–Kier alpha value is -1.92. The van der Waals surface area contributed by atoms with E-state index in [1.54, 1.807) is 18.2 Å². The highest BCUT2D eigenvalue weighted by Gasteiger charge is 2.10. The number of halogens is 3. The van der Waals surface area contributed by atoms with Crippen LogP contribution in [-0.2, 0) is 4.79 Å². The molecule has 2 aromatic carbocycles. The predicted molar refractivity (Wildman–Crippen MR) is 85.1 cm³/mol. The second-order valence-electron chi connectivity index (χ2n) is 4.27. The van der Waals surface area contributed by atoms with Crippen molar-refractivity contribution in [2.75, 3.05) is 11.9 Å². The number of carbonyl (C=O) groups excluding carboxylic acids is 2. The van der Waals surface area contributed by atoms with E-state index >= 15 is 0 Å². The normalized spacial score (nSPS) is 10.1. The van der Waals surface area contributed by atoms with Gasteiger partial charge in [-0.15, -0.1) is 0 Å². The summed E-state index contributed by atoms with van der Waals surface area (Å²) in [6.07, 6.45) is 0.523. The van der Waals surface area contributed by atoms with Crippen molar-refractivity contribution in [3.05, 3.63) is 57.3 Å². The van der Waals surface area contributed by atoms with E-state index in [1.165, 1.54) is 12.1 Å². The van der Waals surface area contributed by atoms with Gasteiger partial charge in [0.1, 0.15) is 6.29 Å². The lowest BCUT2D eigenvalue weighted by Gasteiger charge is -2.09. The second-order valence-corrected chi connectivity index (χ2v) is 5.59. The summed E-state index contributed by atoms with van der Waals surface area (Å²) in [5.41, 5.74) is 0.617. The number of nitrogens with one attached hydrogen (secondary N) is 1. The molecule has 0 atom stereocenters. The zero-order valence-corrected chi connectivity index (χ0v) is 13.4. The number of rotatable bonds is 5. The zero-order valence-electron chi connectivity index (χ0n) is 11.1. The standard InChI is InChI=1S/C15H10BrClFNO3/c16-10-2-3-13(11(17)6-10)19-15(21)8-22-14-4-1-9(7-20)5-12(14)18/h1-7H,8H2,(H,19,21). The molecule has 7 heteroatoms. The molecule has 22 heavy (non-hydrogen) atoms. The van der Waals surface area contributed by atoms with Gasteiger partial charge in [-0.2, -0.15) is 0 Å². The van der Waals surface area contributed by atoms with Crippen LogP contribution in [0.4, 0.5) is 10.1 Å². The molecule has 2 aromatic rings. The van der Waals surface area contributed by atoms with Crippen LogP contribution in [0.15, 0.2) is 40.9 Å². The molecule has 2 rings (SSSR count). The van der Waals surface area contributed by atoms with Crippen molar-refractivity contribution in [3.63, 3.8) is 0 Å². The van der Waals surface area contributed by atoms with Gasteiger partial charge in [0.15, 0.2) is 18.2 Å². The minimum atomic E-state index is -0.709. The molecule has 0 saturated heterocycles. The summed E-state index contributed by atoms with van der Waals surface area (Å²) < 4.78 is 19.4. The molecule has 0 unspecified atom stereocenters. The van der Waals surface area contributed by atoms with E-state index < -0.39 is 11.7 Å². The molecule has 0 spiro atoms. The maximum Gasteiger partial charge on any atom is 0.262 e. The van der Waals surface area contributed by atoms with E-state index in [4.69, 9.17) is 16.3 Å². The third-order valence-electron chi connectivity index (χ3n) is 2.66. The van der Waals surface area contributed by atoms with Gasteiger partial charge in [0.25, 0.3) is 5.91 Å². The molecule has 0 aliphatic heterocycles. The van der Waals surface area contributed by atoms with Gasteiger partial charge in [-0.3, -0.25) is 9.59 Å². The van der Waals surface area contributed by atoms with Crippen LogP contribution in [-0.4, -0.2) is 18.8 Å². The summed E-state index contributed by atoms with van der Waals surface area (Å²) in [7, 11) is 0. The van der Waals surface area contributed by atoms with Crippen LogP contribution in [0.3, 0.4) is 0 Å². The maximum absolute atomic E-state index is 13.6. The molecule has 0 fully saturated rings. The number of anilines is 1. The van der Waals surface area contributed by atoms with E-state index in [2.05, 4.69) is 21.2 Å². The third-order valence-corrected chi connectivity index (χ3v) is 3.46. The Labute approximate surface area is 139 Å². The lowest BCUT2D eigenvalue weighted by Crippen LogP contribution is -2.20. The number of benzene rings is 2. The Morgan fingerprint density at radius 2 is 2.09 bits per heavy atom. The van der Waals surface area contributed by atoms with E-state index in [1.807, 2.05) is 0 Å². The summed E-state index contributed by atoms with van der Waals surface area (Å²) in [6, 6.07) is 8.71. The van der Waals surface area contributed by atoms with Crippen LogP contribution in [0, 0.1) is 5.82 Å². The van der Waals surface area contributed by atoms with Gasteiger partial charge < -0.3 is 10.1 Å². The first-order chi connectivity index (χ1) is 10.5. The van der Waals surface area contributed by atoms with Gasteiger partial charge in [0.05, 0.1) is 10.7 Å². The van der Waals surface area contributed by atoms with Crippen LogP contribution < -0.4 is 10.1 Å². The Morgan fingerprint density at radius 1 is 1.32 bits per heavy atom. The molecule has 0 aromatic heterocycles. The van der Waals surface area contributed by atoms with Crippen LogP contribution in [0.25, 0.3) is 0 Å². The summed E-state index contributed by atoms with van der Waals surface area (Å²) >= 11 is 9.23. The van der Waals surface area contributed by atoms with Crippen molar-refractivity contribution in [2.24, 2.45) is 0 Å². The van der Waals surface area contributed by atoms with Crippen molar-refractivity contribution in [2.45, 2.75) is 0 Å². The Kier molecular flexibility index (Phi) is 5.51. The first-order valence-corrected chi connectivity index (χ1v) is 7.29. The van der Waals surface area contributed by atoms with Crippen LogP contribution in [0.1, 0.15) is 10.4 Å². The van der Waals surface area contributed by atoms with Gasteiger partial charge in [-0.25, -0.2) is 4.39 Å². The molecule has 0 aliphatic rings. The topological polar surface area (TPSA) is 55.4 Å². The number of carbonyl (C=O) groups is 2. The number of hydrogen-bond donors (Lipinski definition) is 1. The van der Waals surface area contributed by atoms with E-state index in [0.717, 1.165) is 10.5 Å². The predicted octanol–water partition coefficient (Wildman–Crippen LogP) is 4.07. The molecule has 0 aliphatic carbocycles. The average Bonchev–Trinajstić information content (AvgIpc) is 2.48. The fourth-order valence-electron chi connectivity index (χ4n) is 1.63. The van der Waals surface area contributed by atoms with Gasteiger partial charge in [0, 0.05) is 10.0 Å². The van der Waals surface area contributed by atoms with Gasteiger partial charge in [-0.1, -0.05) is 27.5 Å². The monoisotopic (exact) mass is 385 g/mol. The lowest BCUT2D eigenvalue weighted by molar-refractivity contribution is -0.118. The number of hydrogen-bond acceptors (Lipinski definition) is 3. The molecule has 1 amide bonds. The van der Waals surface area contributed by atoms with E-state index in [-0.39, 0.29) is 17.9 Å². The van der Waals surface area contributed by atoms with Crippen LogP contribution in [0.2, 0.25) is 5.02 Å². The summed E-state index contributed by atoms with van der Waals surface area (Å²) in [6.45, 7) is -0.385. The Bertz CT molecular complexity index is 724. The summed E-state index contributed by atoms with van der Waals surface area (Å²) in [5.74, 6) is -1.30. The van der Waals surface area contributed by atoms with Crippen molar-refractivity contribution in [3.8, 4) is 5.75 Å². The Balaban J connectivity index is 1.96. The fourth-order valence-corrected chi connectivity index (χ4v) is 2.35. The van der Waals surface area contributed by atoms with Crippen molar-refractivity contribution in [1.29, 1.82) is 0 Å². The van der Waals surface area contributed by atoms with Crippen molar-refractivity contribution >= 4 is 45.4 Å². The quantitative estimate of drug-likeness (QED) is 0.788. The van der Waals surface area contributed by atoms with Crippen molar-refractivity contribution in [1.82, 2.24) is 0 Å². The fraction of sp³-hybridized carbons (Fsp3) is 0.0667. The average molecular weight is 387 g/mol. The van der Waals surface area contributed by atoms with Gasteiger partial charge in [-0.05, 0) is 36.4 Å². The molecule has 1 N–H and O–H groups in total. The molecular formula is C15H10BrClFNO3. The third kappa shape index (κ3) is 4.29. The highest BCUT2D eigenvalue weighted by molar-refractivity contribution is 9.10. The SMILES string of the molecule is O=Cc1ccc(OCC(=O)Nc2ccc(Br)cc2Cl)c(F)c1. The molecule has 0 heterocycles.